The minimum atomic E-state index is -0.595. The fraction of sp³-hybridized carbons (Fsp3) is 0.333. The molecule has 0 aliphatic heterocycles. The number of halogens is 2. The monoisotopic (exact) mass is 345 g/mol. The van der Waals surface area contributed by atoms with Gasteiger partial charge in [0.05, 0.1) is 10.0 Å². The van der Waals surface area contributed by atoms with Crippen molar-refractivity contribution in [3.8, 4) is 5.75 Å². The molecule has 2 rings (SSSR count). The number of rotatable bonds is 7. The topological polar surface area (TPSA) is 41.5 Å². The zero-order valence-corrected chi connectivity index (χ0v) is 13.9. The molecule has 0 radical (unpaired) electrons. The number of hydrogen-bond donors (Lipinski definition) is 2. The van der Waals surface area contributed by atoms with Gasteiger partial charge in [-0.2, -0.15) is 0 Å². The number of aliphatic hydroxyl groups is 1. The maximum Gasteiger partial charge on any atom is 0.121 e. The minimum Gasteiger partial charge on any atom is -0.491 e. The van der Waals surface area contributed by atoms with Gasteiger partial charge in [0, 0.05) is 23.5 Å². The van der Waals surface area contributed by atoms with Crippen LogP contribution < -0.4 is 10.1 Å². The van der Waals surface area contributed by atoms with Crippen molar-refractivity contribution in [1.29, 1.82) is 0 Å². The Hall–Kier alpha value is -0.780. The Bertz CT molecular complexity index is 563. The second kappa shape index (κ2) is 8.01. The Kier molecular flexibility index (Phi) is 6.33. The first-order chi connectivity index (χ1) is 10.1. The number of hydrogen-bond acceptors (Lipinski definition) is 4. The highest BCUT2D eigenvalue weighted by molar-refractivity contribution is 7.10. The van der Waals surface area contributed by atoms with Crippen LogP contribution in [0, 0.1) is 0 Å². The summed E-state index contributed by atoms with van der Waals surface area (Å²) in [5.41, 5.74) is 0. The van der Waals surface area contributed by atoms with E-state index in [2.05, 4.69) is 18.3 Å². The molecule has 0 bridgehead atoms. The molecule has 3 nitrogen and oxygen atoms in total. The van der Waals surface area contributed by atoms with E-state index in [0.29, 0.717) is 22.3 Å². The van der Waals surface area contributed by atoms with Gasteiger partial charge in [-0.1, -0.05) is 29.3 Å². The third-order valence-corrected chi connectivity index (χ3v) is 4.76. The van der Waals surface area contributed by atoms with E-state index >= 15 is 0 Å². The van der Waals surface area contributed by atoms with Crippen LogP contribution in [0.5, 0.6) is 5.75 Å². The summed E-state index contributed by atoms with van der Waals surface area (Å²) in [6, 6.07) is 9.33. The summed E-state index contributed by atoms with van der Waals surface area (Å²) in [5.74, 6) is 0.592. The van der Waals surface area contributed by atoms with Crippen LogP contribution in [0.1, 0.15) is 17.8 Å². The van der Waals surface area contributed by atoms with Crippen LogP contribution in [0.4, 0.5) is 0 Å². The van der Waals surface area contributed by atoms with Crippen molar-refractivity contribution in [1.82, 2.24) is 5.32 Å². The lowest BCUT2D eigenvalue weighted by molar-refractivity contribution is 0.104. The van der Waals surface area contributed by atoms with Gasteiger partial charge >= 0.3 is 0 Å². The molecule has 0 fully saturated rings. The van der Waals surface area contributed by atoms with Crippen molar-refractivity contribution in [2.75, 3.05) is 13.2 Å². The van der Waals surface area contributed by atoms with Crippen LogP contribution in [0.15, 0.2) is 35.7 Å². The third kappa shape index (κ3) is 5.16. The zero-order chi connectivity index (χ0) is 15.2. The molecule has 2 aromatic rings. The third-order valence-electron chi connectivity index (χ3n) is 2.96. The fourth-order valence-electron chi connectivity index (χ4n) is 1.77. The van der Waals surface area contributed by atoms with Crippen LogP contribution in [0.3, 0.4) is 0 Å². The minimum absolute atomic E-state index is 0.197. The standard InChI is InChI=1S/C15H17Cl2NO2S/c1-10(15-3-2-6-21-15)18-8-11(19)9-20-12-4-5-13(16)14(17)7-12/h2-7,10-11,18-19H,8-9H2,1H3/t10-,11?/m0/s1. The number of ether oxygens (including phenoxy) is 1. The van der Waals surface area contributed by atoms with Crippen molar-refractivity contribution in [2.24, 2.45) is 0 Å². The van der Waals surface area contributed by atoms with Gasteiger partial charge in [-0.3, -0.25) is 0 Å². The Balaban J connectivity index is 1.74. The molecule has 1 unspecified atom stereocenters. The smallest absolute Gasteiger partial charge is 0.121 e. The van der Waals surface area contributed by atoms with Crippen molar-refractivity contribution in [3.63, 3.8) is 0 Å². The fourth-order valence-corrected chi connectivity index (χ4v) is 2.82. The van der Waals surface area contributed by atoms with Crippen LogP contribution in [-0.2, 0) is 0 Å². The number of thiophene rings is 1. The van der Waals surface area contributed by atoms with Gasteiger partial charge in [-0.15, -0.1) is 11.3 Å². The molecule has 0 spiro atoms. The van der Waals surface area contributed by atoms with Crippen LogP contribution >= 0.6 is 34.5 Å². The first kappa shape index (κ1) is 16.6. The van der Waals surface area contributed by atoms with Gasteiger partial charge in [0.25, 0.3) is 0 Å². The van der Waals surface area contributed by atoms with Crippen molar-refractivity contribution in [3.05, 3.63) is 50.6 Å². The summed E-state index contributed by atoms with van der Waals surface area (Å²) in [5, 5.41) is 16.2. The predicted molar refractivity (Wildman–Crippen MR) is 88.7 cm³/mol. The van der Waals surface area contributed by atoms with Gasteiger partial charge in [0.2, 0.25) is 0 Å². The normalized spacial score (nSPS) is 13.9. The van der Waals surface area contributed by atoms with E-state index in [1.807, 2.05) is 11.4 Å². The molecule has 0 saturated carbocycles. The van der Waals surface area contributed by atoms with E-state index in [-0.39, 0.29) is 12.6 Å². The second-order valence-corrected chi connectivity index (χ2v) is 6.48. The highest BCUT2D eigenvalue weighted by Crippen LogP contribution is 2.26. The van der Waals surface area contributed by atoms with Crippen molar-refractivity contribution < 1.29 is 9.84 Å². The van der Waals surface area contributed by atoms with Crippen LogP contribution in [0.25, 0.3) is 0 Å². The number of aliphatic hydroxyl groups excluding tert-OH is 1. The summed E-state index contributed by atoms with van der Waals surface area (Å²) in [6.45, 7) is 2.72. The molecule has 21 heavy (non-hydrogen) atoms. The molecule has 1 aromatic carbocycles. The molecular weight excluding hydrogens is 329 g/mol. The summed E-state index contributed by atoms with van der Waals surface area (Å²) in [6.07, 6.45) is -0.595. The molecule has 0 aliphatic rings. The molecule has 0 saturated heterocycles. The van der Waals surface area contributed by atoms with E-state index in [1.165, 1.54) is 4.88 Å². The highest BCUT2D eigenvalue weighted by Gasteiger charge is 2.10. The lowest BCUT2D eigenvalue weighted by Gasteiger charge is -2.17. The average Bonchev–Trinajstić information content (AvgIpc) is 3.00. The van der Waals surface area contributed by atoms with Gasteiger partial charge in [-0.05, 0) is 30.5 Å². The average molecular weight is 346 g/mol. The van der Waals surface area contributed by atoms with Crippen LogP contribution in [-0.4, -0.2) is 24.4 Å². The Morgan fingerprint density at radius 2 is 2.10 bits per heavy atom. The molecule has 0 amide bonds. The maximum absolute atomic E-state index is 9.94. The molecule has 1 aromatic heterocycles. The van der Waals surface area contributed by atoms with E-state index < -0.39 is 6.10 Å². The first-order valence-electron chi connectivity index (χ1n) is 6.59. The van der Waals surface area contributed by atoms with Gasteiger partial charge in [-0.25, -0.2) is 0 Å². The van der Waals surface area contributed by atoms with E-state index in [0.717, 1.165) is 0 Å². The van der Waals surface area contributed by atoms with E-state index in [4.69, 9.17) is 27.9 Å². The van der Waals surface area contributed by atoms with Gasteiger partial charge in [0.15, 0.2) is 0 Å². The molecular formula is C15H17Cl2NO2S. The molecule has 1 heterocycles. The summed E-state index contributed by atoms with van der Waals surface area (Å²) >= 11 is 13.4. The quantitative estimate of drug-likeness (QED) is 0.792. The molecule has 0 aliphatic carbocycles. The lowest BCUT2D eigenvalue weighted by Crippen LogP contribution is -2.32. The number of benzene rings is 1. The Morgan fingerprint density at radius 3 is 2.76 bits per heavy atom. The lowest BCUT2D eigenvalue weighted by atomic mass is 10.2. The second-order valence-electron chi connectivity index (χ2n) is 4.69. The van der Waals surface area contributed by atoms with E-state index in [1.54, 1.807) is 29.5 Å². The number of nitrogens with one attached hydrogen (secondary N) is 1. The molecule has 6 heteroatoms. The SMILES string of the molecule is C[C@H](NCC(O)COc1ccc(Cl)c(Cl)c1)c1cccs1. The summed E-state index contributed by atoms with van der Waals surface area (Å²) in [7, 11) is 0. The highest BCUT2D eigenvalue weighted by atomic mass is 35.5. The molecule has 2 N–H and O–H groups in total. The summed E-state index contributed by atoms with van der Waals surface area (Å²) in [4.78, 5) is 1.24. The molecule has 114 valence electrons. The first-order valence-corrected chi connectivity index (χ1v) is 8.22. The molecule has 2 atom stereocenters. The van der Waals surface area contributed by atoms with Gasteiger partial charge < -0.3 is 15.2 Å². The largest absolute Gasteiger partial charge is 0.491 e. The van der Waals surface area contributed by atoms with Crippen molar-refractivity contribution >= 4 is 34.5 Å². The van der Waals surface area contributed by atoms with Crippen LogP contribution in [0.2, 0.25) is 10.0 Å². The summed E-state index contributed by atoms with van der Waals surface area (Å²) < 4.78 is 5.50. The maximum atomic E-state index is 9.94. The van der Waals surface area contributed by atoms with E-state index in [9.17, 15) is 5.11 Å². The Labute approximate surface area is 138 Å². The zero-order valence-electron chi connectivity index (χ0n) is 11.6. The van der Waals surface area contributed by atoms with Crippen molar-refractivity contribution in [2.45, 2.75) is 19.1 Å². The van der Waals surface area contributed by atoms with Gasteiger partial charge in [0.1, 0.15) is 18.5 Å². The Morgan fingerprint density at radius 1 is 1.29 bits per heavy atom. The predicted octanol–water partition coefficient (Wildman–Crippen LogP) is 4.15.